The van der Waals surface area contributed by atoms with Gasteiger partial charge in [0.1, 0.15) is 0 Å². The van der Waals surface area contributed by atoms with Crippen molar-refractivity contribution in [1.29, 1.82) is 0 Å². The second kappa shape index (κ2) is 3.15. The van der Waals surface area contributed by atoms with Gasteiger partial charge in [-0.05, 0) is 6.92 Å². The van der Waals surface area contributed by atoms with Crippen LogP contribution in [0, 0.1) is 5.21 Å². The maximum Gasteiger partial charge on any atom is 0.195 e. The molecule has 1 unspecified atom stereocenters. The number of hydroxylamine groups is 2. The molecule has 0 fully saturated rings. The van der Waals surface area contributed by atoms with E-state index in [4.69, 9.17) is 4.74 Å². The van der Waals surface area contributed by atoms with Gasteiger partial charge in [-0.25, -0.2) is 0 Å². The van der Waals surface area contributed by atoms with Crippen LogP contribution in [0.3, 0.4) is 0 Å². The van der Waals surface area contributed by atoms with Crippen LogP contribution in [0.2, 0.25) is 0 Å². The van der Waals surface area contributed by atoms with Crippen LogP contribution in [0.15, 0.2) is 0 Å². The van der Waals surface area contributed by atoms with Crippen LogP contribution in [-0.4, -0.2) is 19.4 Å². The summed E-state index contributed by atoms with van der Waals surface area (Å²) in [5.41, 5.74) is -0.589. The van der Waals surface area contributed by atoms with Crippen molar-refractivity contribution < 1.29 is 9.80 Å². The van der Waals surface area contributed by atoms with E-state index in [1.807, 2.05) is 6.92 Å². The molecule has 0 saturated heterocycles. The van der Waals surface area contributed by atoms with Gasteiger partial charge in [-0.3, -0.25) is 0 Å². The molecule has 0 heterocycles. The van der Waals surface area contributed by atoms with E-state index >= 15 is 0 Å². The van der Waals surface area contributed by atoms with Crippen molar-refractivity contribution in [1.82, 2.24) is 0 Å². The van der Waals surface area contributed by atoms with Crippen molar-refractivity contribution in [2.45, 2.75) is 26.5 Å². The molecule has 9 heavy (non-hydrogen) atoms. The Labute approximate surface area is 56.2 Å². The summed E-state index contributed by atoms with van der Waals surface area (Å²) in [5.74, 6) is 0. The summed E-state index contributed by atoms with van der Waals surface area (Å²) in [4.78, 5) is 0. The lowest BCUT2D eigenvalue weighted by Gasteiger charge is -2.34. The maximum absolute atomic E-state index is 10.7. The quantitative estimate of drug-likeness (QED) is 0.426. The molecule has 0 aromatic rings. The fourth-order valence-electron chi connectivity index (χ4n) is 0.462. The summed E-state index contributed by atoms with van der Waals surface area (Å²) in [6.07, 6.45) is 0. The molecule has 0 aromatic carbocycles. The highest BCUT2D eigenvalue weighted by atomic mass is 16.6. The average Bonchev–Trinajstić information content (AvgIpc) is 1.65. The highest BCUT2D eigenvalue weighted by molar-refractivity contribution is 4.48. The minimum atomic E-state index is -0.589. The number of quaternary nitrogens is 1. The van der Waals surface area contributed by atoms with Crippen molar-refractivity contribution in [3.8, 4) is 0 Å². The average molecular weight is 133 g/mol. The lowest BCUT2D eigenvalue weighted by molar-refractivity contribution is -0.911. The van der Waals surface area contributed by atoms with E-state index in [9.17, 15) is 5.21 Å². The predicted octanol–water partition coefficient (Wildman–Crippen LogP) is -0.228. The molecular weight excluding hydrogens is 118 g/mol. The normalized spacial score (nSPS) is 15.7. The van der Waals surface area contributed by atoms with Crippen molar-refractivity contribution >= 4 is 0 Å². The minimum absolute atomic E-state index is 0.0735. The predicted molar refractivity (Wildman–Crippen MR) is 36.0 cm³/mol. The molecule has 56 valence electrons. The second-order valence-electron chi connectivity index (χ2n) is 2.50. The summed E-state index contributed by atoms with van der Waals surface area (Å²) in [6, 6.07) is 0. The topological polar surface area (TPSA) is 36.7 Å². The van der Waals surface area contributed by atoms with Gasteiger partial charge < -0.3 is 15.0 Å². The Morgan fingerprint density at radius 1 is 1.56 bits per heavy atom. The molecule has 0 aromatic heterocycles. The smallest absolute Gasteiger partial charge is 0.195 e. The van der Waals surface area contributed by atoms with Crippen molar-refractivity contribution in [3.05, 3.63) is 5.21 Å². The Morgan fingerprint density at radius 3 is 2.11 bits per heavy atom. The SMILES string of the molecule is CCOC(C)(C)[NH+](C)[O-]. The zero-order chi connectivity index (χ0) is 7.49. The molecule has 0 amide bonds. The molecule has 0 spiro atoms. The number of rotatable bonds is 3. The number of nitrogens with one attached hydrogen (secondary N) is 1. The Balaban J connectivity index is 3.70. The van der Waals surface area contributed by atoms with Crippen LogP contribution < -0.4 is 5.06 Å². The maximum atomic E-state index is 10.7. The molecule has 0 bridgehead atoms. The van der Waals surface area contributed by atoms with Gasteiger partial charge >= 0.3 is 0 Å². The van der Waals surface area contributed by atoms with Crippen LogP contribution in [0.4, 0.5) is 0 Å². The lowest BCUT2D eigenvalue weighted by Crippen LogP contribution is -3.12. The first-order valence-electron chi connectivity index (χ1n) is 3.15. The highest BCUT2D eigenvalue weighted by Gasteiger charge is 2.21. The first kappa shape index (κ1) is 8.88. The molecule has 0 aliphatic heterocycles. The molecule has 1 atom stereocenters. The summed E-state index contributed by atoms with van der Waals surface area (Å²) < 4.78 is 5.14. The monoisotopic (exact) mass is 133 g/mol. The van der Waals surface area contributed by atoms with E-state index in [-0.39, 0.29) is 5.06 Å². The third kappa shape index (κ3) is 2.79. The van der Waals surface area contributed by atoms with E-state index < -0.39 is 5.72 Å². The van der Waals surface area contributed by atoms with E-state index in [0.717, 1.165) is 0 Å². The molecule has 3 nitrogen and oxygen atoms in total. The third-order valence-electron chi connectivity index (χ3n) is 1.35. The molecular formula is C6H15NO2. The van der Waals surface area contributed by atoms with Gasteiger partial charge in [0.25, 0.3) is 0 Å². The zero-order valence-corrected chi connectivity index (χ0v) is 6.52. The van der Waals surface area contributed by atoms with Gasteiger partial charge in [0.2, 0.25) is 0 Å². The Morgan fingerprint density at radius 2 is 2.00 bits per heavy atom. The summed E-state index contributed by atoms with van der Waals surface area (Å²) in [7, 11) is 1.54. The Kier molecular flexibility index (Phi) is 3.11. The fraction of sp³-hybridized carbons (Fsp3) is 1.00. The van der Waals surface area contributed by atoms with Crippen LogP contribution >= 0.6 is 0 Å². The Bertz CT molecular complexity index is 81.1. The molecule has 0 aliphatic rings. The van der Waals surface area contributed by atoms with Gasteiger partial charge in [-0.15, -0.1) is 0 Å². The second-order valence-corrected chi connectivity index (χ2v) is 2.50. The van der Waals surface area contributed by atoms with Gasteiger partial charge in [-0.1, -0.05) is 0 Å². The number of ether oxygens (including phenoxy) is 1. The molecule has 0 aliphatic carbocycles. The number of hydrogen-bond acceptors (Lipinski definition) is 2. The first-order chi connectivity index (χ1) is 4.00. The third-order valence-corrected chi connectivity index (χ3v) is 1.35. The van der Waals surface area contributed by atoms with Gasteiger partial charge in [0.15, 0.2) is 5.72 Å². The first-order valence-corrected chi connectivity index (χ1v) is 3.15. The molecule has 1 N–H and O–H groups in total. The fourth-order valence-corrected chi connectivity index (χ4v) is 0.462. The van der Waals surface area contributed by atoms with E-state index in [1.54, 1.807) is 13.8 Å². The summed E-state index contributed by atoms with van der Waals surface area (Å²) >= 11 is 0. The minimum Gasteiger partial charge on any atom is -0.632 e. The molecule has 0 saturated carbocycles. The van der Waals surface area contributed by atoms with Gasteiger partial charge in [0.05, 0.1) is 13.7 Å². The van der Waals surface area contributed by atoms with Crippen molar-refractivity contribution in [2.24, 2.45) is 0 Å². The zero-order valence-electron chi connectivity index (χ0n) is 6.52. The van der Waals surface area contributed by atoms with Gasteiger partial charge in [-0.2, -0.15) is 0 Å². The summed E-state index contributed by atoms with van der Waals surface area (Å²) in [5, 5.41) is 10.8. The summed E-state index contributed by atoms with van der Waals surface area (Å²) in [6.45, 7) is 6.02. The van der Waals surface area contributed by atoms with Crippen LogP contribution in [0.1, 0.15) is 20.8 Å². The van der Waals surface area contributed by atoms with Crippen LogP contribution in [0.5, 0.6) is 0 Å². The van der Waals surface area contributed by atoms with Crippen LogP contribution in [0.25, 0.3) is 0 Å². The largest absolute Gasteiger partial charge is 0.632 e. The number of hydrogen-bond donors (Lipinski definition) is 1. The lowest BCUT2D eigenvalue weighted by atomic mass is 10.3. The van der Waals surface area contributed by atoms with E-state index in [0.29, 0.717) is 6.61 Å². The van der Waals surface area contributed by atoms with Crippen molar-refractivity contribution in [2.75, 3.05) is 13.7 Å². The molecule has 3 heteroatoms. The van der Waals surface area contributed by atoms with E-state index in [1.165, 1.54) is 7.05 Å². The highest BCUT2D eigenvalue weighted by Crippen LogP contribution is 1.96. The molecule has 0 radical (unpaired) electrons. The molecule has 0 rings (SSSR count). The van der Waals surface area contributed by atoms with E-state index in [2.05, 4.69) is 0 Å². The Hall–Kier alpha value is -0.120. The van der Waals surface area contributed by atoms with Gasteiger partial charge in [0, 0.05) is 13.8 Å². The van der Waals surface area contributed by atoms with Crippen molar-refractivity contribution in [3.63, 3.8) is 0 Å². The standard InChI is InChI=1S/C6H15NO2/c1-5-9-6(2,3)7(4)8/h7H,5H2,1-4H3. The van der Waals surface area contributed by atoms with Crippen LogP contribution in [-0.2, 0) is 4.74 Å².